The number of carboxylic acid groups (broad SMARTS) is 2. The van der Waals surface area contributed by atoms with Crippen LogP contribution >= 0.6 is 80.2 Å². The van der Waals surface area contributed by atoms with Crippen LogP contribution in [0.25, 0.3) is 0 Å². The number of anilines is 1. The molecule has 13 heteroatoms. The zero-order valence-electron chi connectivity index (χ0n) is 15.2. The van der Waals surface area contributed by atoms with Crippen molar-refractivity contribution in [3.63, 3.8) is 0 Å². The van der Waals surface area contributed by atoms with Crippen LogP contribution in [0.15, 0.2) is 24.3 Å². The Kier molecular flexibility index (Phi) is 7.91. The minimum absolute atomic E-state index is 0. The first-order valence-corrected chi connectivity index (χ1v) is 11.2. The first-order chi connectivity index (χ1) is 14.0. The van der Waals surface area contributed by atoms with E-state index in [2.05, 4.69) is 0 Å². The topological polar surface area (TPSA) is 132 Å². The summed E-state index contributed by atoms with van der Waals surface area (Å²) in [5, 5.41) is 20.6. The molecule has 0 saturated carbocycles. The molecule has 31 heavy (non-hydrogen) atoms. The van der Waals surface area contributed by atoms with E-state index in [1.165, 1.54) is 12.1 Å². The number of amides is 3. The molecule has 3 rings (SSSR count). The van der Waals surface area contributed by atoms with Gasteiger partial charge in [0.25, 0.3) is 11.8 Å². The molecular formula is C18H10ClI3N2O7. The van der Waals surface area contributed by atoms with Crippen LogP contribution in [0.5, 0.6) is 0 Å². The van der Waals surface area contributed by atoms with Crippen molar-refractivity contribution in [2.24, 2.45) is 0 Å². The number of hydrogen-bond acceptors (Lipinski definition) is 5. The number of fused-ring (bicyclic) bond motifs is 1. The summed E-state index contributed by atoms with van der Waals surface area (Å²) < 4.78 is 0.00678. The van der Waals surface area contributed by atoms with E-state index < -0.39 is 29.7 Å². The molecule has 162 valence electrons. The van der Waals surface area contributed by atoms with Gasteiger partial charge in [-0.05, 0) is 79.9 Å². The number of hydrazine groups is 1. The van der Waals surface area contributed by atoms with Crippen LogP contribution in [0, 0.1) is 10.7 Å². The Balaban J connectivity index is 0.00000341. The van der Waals surface area contributed by atoms with Gasteiger partial charge in [0.1, 0.15) is 0 Å². The lowest BCUT2D eigenvalue weighted by Gasteiger charge is -2.31. The highest BCUT2D eigenvalue weighted by atomic mass is 127. The molecule has 0 atom stereocenters. The van der Waals surface area contributed by atoms with Crippen molar-refractivity contribution in [1.29, 1.82) is 0 Å². The third-order valence-corrected chi connectivity index (χ3v) is 7.38. The first-order valence-electron chi connectivity index (χ1n) is 7.96. The maximum atomic E-state index is 12.9. The molecule has 0 aliphatic carbocycles. The summed E-state index contributed by atoms with van der Waals surface area (Å²) in [6, 6.07) is 6.00. The SMILES string of the molecule is CC(=O)N(c1c(I)c(C(=O)O)c(I)c(C(=O)O)c1I)N1C(=O)c2ccccc2C1=O.Cl. The number of hydrogen-bond donors (Lipinski definition) is 2. The van der Waals surface area contributed by atoms with Crippen LogP contribution in [0.2, 0.25) is 0 Å². The highest BCUT2D eigenvalue weighted by molar-refractivity contribution is 14.1. The number of benzene rings is 2. The Hall–Kier alpha value is -1.53. The van der Waals surface area contributed by atoms with Gasteiger partial charge in [0.05, 0.1) is 35.1 Å². The Morgan fingerprint density at radius 2 is 1.23 bits per heavy atom. The van der Waals surface area contributed by atoms with Gasteiger partial charge in [-0.25, -0.2) is 14.6 Å². The molecule has 0 bridgehead atoms. The maximum absolute atomic E-state index is 12.9. The van der Waals surface area contributed by atoms with Crippen LogP contribution in [0.1, 0.15) is 48.4 Å². The normalized spacial score (nSPS) is 12.3. The van der Waals surface area contributed by atoms with E-state index in [4.69, 9.17) is 0 Å². The molecule has 2 aromatic carbocycles. The second-order valence-corrected chi connectivity index (χ2v) is 9.19. The molecule has 0 fully saturated rings. The van der Waals surface area contributed by atoms with Crippen LogP contribution in [-0.4, -0.2) is 44.9 Å². The summed E-state index contributed by atoms with van der Waals surface area (Å²) in [4.78, 5) is 62.1. The zero-order valence-corrected chi connectivity index (χ0v) is 22.5. The highest BCUT2D eigenvalue weighted by Gasteiger charge is 2.43. The van der Waals surface area contributed by atoms with Crippen molar-refractivity contribution in [1.82, 2.24) is 5.01 Å². The van der Waals surface area contributed by atoms with E-state index >= 15 is 0 Å². The summed E-state index contributed by atoms with van der Waals surface area (Å²) in [5.41, 5.74) is -0.672. The fourth-order valence-electron chi connectivity index (χ4n) is 2.97. The molecule has 9 nitrogen and oxygen atoms in total. The van der Waals surface area contributed by atoms with Crippen molar-refractivity contribution in [2.75, 3.05) is 5.01 Å². The second kappa shape index (κ2) is 9.53. The third kappa shape index (κ3) is 4.13. The molecular weight excluding hydrogens is 772 g/mol. The lowest BCUT2D eigenvalue weighted by Crippen LogP contribution is -2.50. The largest absolute Gasteiger partial charge is 0.478 e. The van der Waals surface area contributed by atoms with Crippen molar-refractivity contribution in [2.45, 2.75) is 6.92 Å². The lowest BCUT2D eigenvalue weighted by molar-refractivity contribution is -0.118. The number of rotatable bonds is 4. The molecule has 1 heterocycles. The van der Waals surface area contributed by atoms with Gasteiger partial charge in [-0.2, -0.15) is 5.01 Å². The van der Waals surface area contributed by atoms with Gasteiger partial charge >= 0.3 is 11.9 Å². The van der Waals surface area contributed by atoms with E-state index in [1.807, 2.05) is 0 Å². The van der Waals surface area contributed by atoms with Gasteiger partial charge in [0.2, 0.25) is 5.91 Å². The van der Waals surface area contributed by atoms with Gasteiger partial charge in [-0.15, -0.1) is 12.4 Å². The number of aromatic carboxylic acids is 2. The molecule has 1 aliphatic rings. The summed E-state index contributed by atoms with van der Waals surface area (Å²) >= 11 is 4.95. The Bertz CT molecular complexity index is 1110. The molecule has 0 radical (unpaired) electrons. The summed E-state index contributed by atoms with van der Waals surface area (Å²) in [6.45, 7) is 1.09. The van der Waals surface area contributed by atoms with E-state index in [9.17, 15) is 34.2 Å². The Morgan fingerprint density at radius 3 is 1.55 bits per heavy atom. The molecule has 2 aromatic rings. The predicted octanol–water partition coefficient (Wildman–Crippen LogP) is 3.88. The first kappa shape index (κ1) is 25.7. The van der Waals surface area contributed by atoms with Crippen molar-refractivity contribution in [3.05, 3.63) is 57.2 Å². The Labute approximate surface area is 221 Å². The maximum Gasteiger partial charge on any atom is 0.337 e. The number of carbonyl (C=O) groups excluding carboxylic acids is 3. The highest BCUT2D eigenvalue weighted by Crippen LogP contribution is 2.40. The van der Waals surface area contributed by atoms with Gasteiger partial charge in [0.15, 0.2) is 0 Å². The molecule has 0 aromatic heterocycles. The van der Waals surface area contributed by atoms with Crippen molar-refractivity contribution >= 4 is 116 Å². The van der Waals surface area contributed by atoms with E-state index in [0.29, 0.717) is 5.01 Å². The minimum Gasteiger partial charge on any atom is -0.478 e. The fourth-order valence-corrected chi connectivity index (χ4v) is 7.51. The lowest BCUT2D eigenvalue weighted by atomic mass is 10.1. The van der Waals surface area contributed by atoms with E-state index in [-0.39, 0.29) is 51.1 Å². The Morgan fingerprint density at radius 1 is 0.839 bits per heavy atom. The molecule has 2 N–H and O–H groups in total. The number of nitrogens with zero attached hydrogens (tertiary/aromatic N) is 2. The van der Waals surface area contributed by atoms with Crippen LogP contribution in [-0.2, 0) is 4.79 Å². The summed E-state index contributed by atoms with van der Waals surface area (Å²) in [5.74, 6) is -5.13. The molecule has 0 saturated heterocycles. The van der Waals surface area contributed by atoms with Crippen LogP contribution in [0.4, 0.5) is 5.69 Å². The minimum atomic E-state index is -1.41. The monoisotopic (exact) mass is 782 g/mol. The average Bonchev–Trinajstić information content (AvgIpc) is 2.89. The number of carbonyl (C=O) groups is 5. The average molecular weight is 782 g/mol. The standard InChI is InChI=1S/C18H9I3N2O7.ClH/c1-6(24)22(23-15(25)7-4-2-3-5-8(7)16(23)26)14-12(20)9(17(27)28)11(19)10(13(14)21)18(29)30;/h2-5H,1H3,(H,27,28)(H,29,30);1H. The van der Waals surface area contributed by atoms with E-state index in [1.54, 1.807) is 79.9 Å². The van der Waals surface area contributed by atoms with E-state index in [0.717, 1.165) is 11.9 Å². The molecule has 0 spiro atoms. The van der Waals surface area contributed by atoms with Crippen molar-refractivity contribution < 1.29 is 34.2 Å². The van der Waals surface area contributed by atoms with Gasteiger partial charge in [-0.3, -0.25) is 14.4 Å². The van der Waals surface area contributed by atoms with Gasteiger partial charge in [0, 0.05) is 10.5 Å². The zero-order chi connectivity index (χ0) is 22.5. The third-order valence-electron chi connectivity index (χ3n) is 4.20. The van der Waals surface area contributed by atoms with Crippen LogP contribution in [0.3, 0.4) is 0 Å². The fraction of sp³-hybridized carbons (Fsp3) is 0.0556. The molecule has 3 amide bonds. The number of imide groups is 1. The van der Waals surface area contributed by atoms with Crippen molar-refractivity contribution in [3.8, 4) is 0 Å². The number of carboxylic acids is 2. The second-order valence-electron chi connectivity index (χ2n) is 5.95. The molecule has 0 unspecified atom stereocenters. The molecule has 1 aliphatic heterocycles. The predicted molar refractivity (Wildman–Crippen MR) is 136 cm³/mol. The smallest absolute Gasteiger partial charge is 0.337 e. The quantitative estimate of drug-likeness (QED) is 0.356. The number of halogens is 4. The van der Waals surface area contributed by atoms with Crippen LogP contribution < -0.4 is 5.01 Å². The van der Waals surface area contributed by atoms with Gasteiger partial charge in [-0.1, -0.05) is 12.1 Å². The summed E-state index contributed by atoms with van der Waals surface area (Å²) in [6.07, 6.45) is 0. The van der Waals surface area contributed by atoms with Gasteiger partial charge < -0.3 is 10.2 Å². The summed E-state index contributed by atoms with van der Waals surface area (Å²) in [7, 11) is 0.